The monoisotopic (exact) mass is 284 g/mol. The molecule has 22 heavy (non-hydrogen) atoms. The Morgan fingerprint density at radius 3 is 1.41 bits per heavy atom. The third-order valence-electron chi connectivity index (χ3n) is 3.15. The zero-order valence-corrected chi connectivity index (χ0v) is 10.9. The molecule has 0 bridgehead atoms. The minimum absolute atomic E-state index is 0.181. The molecule has 0 atom stereocenters. The first-order valence-electron chi connectivity index (χ1n) is 6.18. The van der Waals surface area contributed by atoms with Gasteiger partial charge in [-0.25, -0.2) is 19.9 Å². The van der Waals surface area contributed by atoms with E-state index in [2.05, 4.69) is 29.9 Å². The lowest BCUT2D eigenvalue weighted by atomic mass is 10.2. The van der Waals surface area contributed by atoms with Crippen molar-refractivity contribution in [1.82, 2.24) is 29.9 Å². The number of nitriles is 2. The Bertz CT molecular complexity index is 1040. The Hall–Kier alpha value is -3.78. The van der Waals surface area contributed by atoms with Crippen molar-refractivity contribution in [3.63, 3.8) is 0 Å². The summed E-state index contributed by atoms with van der Waals surface area (Å²) in [6.07, 6.45) is 5.78. The molecule has 0 aliphatic carbocycles. The van der Waals surface area contributed by atoms with Crippen molar-refractivity contribution in [3.05, 3.63) is 36.2 Å². The van der Waals surface area contributed by atoms with Gasteiger partial charge < -0.3 is 0 Å². The molecule has 3 aromatic heterocycles. The average molecular weight is 284 g/mol. The van der Waals surface area contributed by atoms with Crippen molar-refractivity contribution in [3.8, 4) is 12.1 Å². The van der Waals surface area contributed by atoms with Gasteiger partial charge in [0.15, 0.2) is 11.4 Å². The van der Waals surface area contributed by atoms with Gasteiger partial charge in [0, 0.05) is 12.4 Å². The van der Waals surface area contributed by atoms with Crippen LogP contribution in [0.4, 0.5) is 0 Å². The first kappa shape index (κ1) is 12.0. The van der Waals surface area contributed by atoms with E-state index in [1.54, 1.807) is 0 Å². The van der Waals surface area contributed by atoms with Crippen LogP contribution in [0.1, 0.15) is 11.4 Å². The van der Waals surface area contributed by atoms with Crippen LogP contribution in [0.3, 0.4) is 0 Å². The van der Waals surface area contributed by atoms with Crippen molar-refractivity contribution >= 4 is 33.1 Å². The predicted octanol–water partition coefficient (Wildman–Crippen LogP) is 1.26. The van der Waals surface area contributed by atoms with E-state index in [1.807, 2.05) is 12.1 Å². The summed E-state index contributed by atoms with van der Waals surface area (Å²) in [5.74, 6) is 0. The molecule has 0 amide bonds. The molecule has 8 heteroatoms. The van der Waals surface area contributed by atoms with Crippen LogP contribution in [0.15, 0.2) is 24.8 Å². The number of aromatic nitrogens is 6. The summed E-state index contributed by atoms with van der Waals surface area (Å²) in [4.78, 5) is 25.5. The standard InChI is InChI=1S/C14H4N8/c15-3-7-5-19-11-12-14(22-8(4-16)6-20-12)10-9(13(11)21-7)17-1-2-18-10/h1-2,5-6H. The van der Waals surface area contributed by atoms with Crippen LogP contribution in [0, 0.1) is 22.7 Å². The second-order valence-electron chi connectivity index (χ2n) is 4.38. The highest BCUT2D eigenvalue weighted by Crippen LogP contribution is 2.28. The summed E-state index contributed by atoms with van der Waals surface area (Å²) in [6, 6.07) is 3.90. The topological polar surface area (TPSA) is 125 Å². The Balaban J connectivity index is 2.34. The number of benzene rings is 1. The van der Waals surface area contributed by atoms with Gasteiger partial charge in [-0.15, -0.1) is 0 Å². The van der Waals surface area contributed by atoms with Crippen molar-refractivity contribution in [2.75, 3.05) is 0 Å². The van der Waals surface area contributed by atoms with Crippen LogP contribution in [0.2, 0.25) is 0 Å². The number of hydrogen-bond acceptors (Lipinski definition) is 8. The molecule has 100 valence electrons. The molecule has 0 fully saturated rings. The number of rotatable bonds is 0. The molecule has 0 unspecified atom stereocenters. The van der Waals surface area contributed by atoms with E-state index < -0.39 is 0 Å². The number of nitrogens with zero attached hydrogens (tertiary/aromatic N) is 8. The van der Waals surface area contributed by atoms with Gasteiger partial charge in [-0.2, -0.15) is 10.5 Å². The Morgan fingerprint density at radius 2 is 1.00 bits per heavy atom. The highest BCUT2D eigenvalue weighted by atomic mass is 14.9. The summed E-state index contributed by atoms with van der Waals surface area (Å²) in [5.41, 5.74) is 3.12. The summed E-state index contributed by atoms with van der Waals surface area (Å²) in [6.45, 7) is 0. The minimum atomic E-state index is 0.181. The fourth-order valence-corrected chi connectivity index (χ4v) is 2.25. The first-order valence-corrected chi connectivity index (χ1v) is 6.18. The summed E-state index contributed by atoms with van der Waals surface area (Å²) >= 11 is 0. The molecule has 0 saturated heterocycles. The Morgan fingerprint density at radius 1 is 0.591 bits per heavy atom. The maximum atomic E-state index is 9.00. The van der Waals surface area contributed by atoms with Gasteiger partial charge in [0.05, 0.1) is 12.4 Å². The second-order valence-corrected chi connectivity index (χ2v) is 4.38. The van der Waals surface area contributed by atoms with Gasteiger partial charge in [0.1, 0.15) is 45.2 Å². The zero-order chi connectivity index (χ0) is 15.1. The predicted molar refractivity (Wildman–Crippen MR) is 75.2 cm³/mol. The van der Waals surface area contributed by atoms with E-state index in [0.717, 1.165) is 0 Å². The molecule has 0 saturated carbocycles. The van der Waals surface area contributed by atoms with Crippen molar-refractivity contribution in [1.29, 1.82) is 10.5 Å². The summed E-state index contributed by atoms with van der Waals surface area (Å²) in [7, 11) is 0. The molecule has 4 rings (SSSR count). The first-order chi connectivity index (χ1) is 10.8. The van der Waals surface area contributed by atoms with Gasteiger partial charge in [-0.1, -0.05) is 0 Å². The quantitative estimate of drug-likeness (QED) is 0.442. The van der Waals surface area contributed by atoms with Gasteiger partial charge in [0.2, 0.25) is 0 Å². The van der Waals surface area contributed by atoms with Gasteiger partial charge in [-0.3, -0.25) is 9.97 Å². The molecular weight excluding hydrogens is 280 g/mol. The molecule has 1 aromatic carbocycles. The average Bonchev–Trinajstić information content (AvgIpc) is 2.61. The molecule has 0 N–H and O–H groups in total. The Labute approximate surface area is 122 Å². The van der Waals surface area contributed by atoms with Crippen LogP contribution in [-0.2, 0) is 0 Å². The smallest absolute Gasteiger partial charge is 0.159 e. The third kappa shape index (κ3) is 1.55. The molecule has 0 radical (unpaired) electrons. The van der Waals surface area contributed by atoms with Gasteiger partial charge in [-0.05, 0) is 0 Å². The maximum absolute atomic E-state index is 9.00. The molecule has 0 spiro atoms. The van der Waals surface area contributed by atoms with E-state index in [9.17, 15) is 0 Å². The lowest BCUT2D eigenvalue weighted by Crippen LogP contribution is -1.98. The van der Waals surface area contributed by atoms with Crippen LogP contribution in [0.25, 0.3) is 33.1 Å². The molecule has 0 aliphatic heterocycles. The van der Waals surface area contributed by atoms with E-state index in [1.165, 1.54) is 24.8 Å². The Kier molecular flexibility index (Phi) is 2.38. The van der Waals surface area contributed by atoms with E-state index >= 15 is 0 Å². The van der Waals surface area contributed by atoms with Crippen molar-refractivity contribution < 1.29 is 0 Å². The van der Waals surface area contributed by atoms with Crippen molar-refractivity contribution in [2.45, 2.75) is 0 Å². The number of hydrogen-bond donors (Lipinski definition) is 0. The highest BCUT2D eigenvalue weighted by molar-refractivity contribution is 6.17. The lowest BCUT2D eigenvalue weighted by Gasteiger charge is -2.05. The van der Waals surface area contributed by atoms with Crippen LogP contribution in [0.5, 0.6) is 0 Å². The molecule has 4 aromatic rings. The van der Waals surface area contributed by atoms with E-state index in [4.69, 9.17) is 10.5 Å². The second kappa shape index (κ2) is 4.36. The van der Waals surface area contributed by atoms with E-state index in [0.29, 0.717) is 33.1 Å². The third-order valence-corrected chi connectivity index (χ3v) is 3.15. The van der Waals surface area contributed by atoms with Crippen LogP contribution in [-0.4, -0.2) is 29.9 Å². The van der Waals surface area contributed by atoms with Gasteiger partial charge in [0.25, 0.3) is 0 Å². The normalized spacial score (nSPS) is 10.6. The lowest BCUT2D eigenvalue weighted by molar-refractivity contribution is 1.20. The van der Waals surface area contributed by atoms with Crippen molar-refractivity contribution in [2.24, 2.45) is 0 Å². The number of fused-ring (bicyclic) bond motifs is 6. The SMILES string of the molecule is N#Cc1cnc2c3ncc(C#N)nc3c3nccnc3c2n1. The summed E-state index contributed by atoms with van der Waals surface area (Å²) in [5, 5.41) is 18.0. The van der Waals surface area contributed by atoms with E-state index in [-0.39, 0.29) is 11.4 Å². The zero-order valence-electron chi connectivity index (χ0n) is 10.9. The fraction of sp³-hybridized carbons (Fsp3) is 0. The summed E-state index contributed by atoms with van der Waals surface area (Å²) < 4.78 is 0. The van der Waals surface area contributed by atoms with Gasteiger partial charge >= 0.3 is 0 Å². The van der Waals surface area contributed by atoms with Crippen LogP contribution < -0.4 is 0 Å². The van der Waals surface area contributed by atoms with Crippen LogP contribution >= 0.6 is 0 Å². The molecule has 8 nitrogen and oxygen atoms in total. The fourth-order valence-electron chi connectivity index (χ4n) is 2.25. The maximum Gasteiger partial charge on any atom is 0.159 e. The molecule has 0 aliphatic rings. The molecular formula is C14H4N8. The minimum Gasteiger partial charge on any atom is -0.251 e. The molecule has 3 heterocycles. The highest BCUT2D eigenvalue weighted by Gasteiger charge is 2.16. The largest absolute Gasteiger partial charge is 0.251 e.